The molecule has 6 nitrogen and oxygen atoms in total. The third kappa shape index (κ3) is 4.49. The molecular weight excluding hydrogens is 328 g/mol. The van der Waals surface area contributed by atoms with E-state index >= 15 is 0 Å². The Hall–Kier alpha value is -1.11. The summed E-state index contributed by atoms with van der Waals surface area (Å²) in [5.74, 6) is 0.0648. The molecule has 1 saturated heterocycles. The van der Waals surface area contributed by atoms with Gasteiger partial charge in [-0.3, -0.25) is 9.48 Å². The van der Waals surface area contributed by atoms with Gasteiger partial charge in [-0.1, -0.05) is 19.3 Å². The number of nitrogens with one attached hydrogen (secondary N) is 2. The molecule has 2 aliphatic rings. The van der Waals surface area contributed by atoms with Gasteiger partial charge in [-0.2, -0.15) is 5.10 Å². The highest BCUT2D eigenvalue weighted by Gasteiger charge is 2.41. The van der Waals surface area contributed by atoms with Crippen LogP contribution in [0, 0.1) is 0 Å². The highest BCUT2D eigenvalue weighted by Crippen LogP contribution is 2.27. The van der Waals surface area contributed by atoms with E-state index in [9.17, 15) is 4.79 Å². The van der Waals surface area contributed by atoms with Crippen molar-refractivity contribution in [3.8, 4) is 0 Å². The third-order valence-corrected chi connectivity index (χ3v) is 5.09. The molecule has 1 aliphatic heterocycles. The number of amides is 1. The Labute approximate surface area is 150 Å². The Morgan fingerprint density at radius 1 is 1.29 bits per heavy atom. The average Bonchev–Trinajstić information content (AvgIpc) is 3.15. The van der Waals surface area contributed by atoms with Crippen molar-refractivity contribution >= 4 is 18.3 Å². The number of ether oxygens (including phenoxy) is 1. The SMILES string of the molecule is Cl.O=C(NCCOC1CCCCC1)C1(n2cccn2)CCNCC1. The quantitative estimate of drug-likeness (QED) is 0.763. The van der Waals surface area contributed by atoms with Crippen LogP contribution in [0.1, 0.15) is 44.9 Å². The molecule has 0 bridgehead atoms. The molecule has 2 heterocycles. The van der Waals surface area contributed by atoms with E-state index in [1.165, 1.54) is 19.3 Å². The molecule has 7 heteroatoms. The first kappa shape index (κ1) is 19.2. The van der Waals surface area contributed by atoms with Crippen LogP contribution < -0.4 is 10.6 Å². The minimum atomic E-state index is -0.556. The topological polar surface area (TPSA) is 68.2 Å². The van der Waals surface area contributed by atoms with Crippen LogP contribution >= 0.6 is 12.4 Å². The maximum Gasteiger partial charge on any atom is 0.248 e. The Morgan fingerprint density at radius 2 is 2.04 bits per heavy atom. The number of piperidine rings is 1. The van der Waals surface area contributed by atoms with Crippen molar-refractivity contribution in [3.63, 3.8) is 0 Å². The van der Waals surface area contributed by atoms with Crippen molar-refractivity contribution in [3.05, 3.63) is 18.5 Å². The molecule has 0 unspecified atom stereocenters. The van der Waals surface area contributed by atoms with E-state index < -0.39 is 5.54 Å². The van der Waals surface area contributed by atoms with Crippen LogP contribution in [0.2, 0.25) is 0 Å². The van der Waals surface area contributed by atoms with E-state index in [1.54, 1.807) is 6.20 Å². The molecule has 0 atom stereocenters. The van der Waals surface area contributed by atoms with Crippen molar-refractivity contribution in [2.45, 2.75) is 56.6 Å². The predicted molar refractivity (Wildman–Crippen MR) is 95.4 cm³/mol. The van der Waals surface area contributed by atoms with Gasteiger partial charge in [0.1, 0.15) is 5.54 Å². The number of nitrogens with zero attached hydrogens (tertiary/aromatic N) is 2. The summed E-state index contributed by atoms with van der Waals surface area (Å²) in [4.78, 5) is 12.8. The van der Waals surface area contributed by atoms with Gasteiger partial charge in [-0.05, 0) is 44.8 Å². The molecule has 1 aromatic heterocycles. The summed E-state index contributed by atoms with van der Waals surface area (Å²) < 4.78 is 7.72. The van der Waals surface area contributed by atoms with Gasteiger partial charge >= 0.3 is 0 Å². The number of hydrogen-bond donors (Lipinski definition) is 2. The summed E-state index contributed by atoms with van der Waals surface area (Å²) in [6.45, 7) is 2.85. The van der Waals surface area contributed by atoms with E-state index in [1.807, 2.05) is 16.9 Å². The van der Waals surface area contributed by atoms with Gasteiger partial charge in [-0.25, -0.2) is 0 Å². The number of hydrogen-bond acceptors (Lipinski definition) is 4. The van der Waals surface area contributed by atoms with Crippen molar-refractivity contribution in [2.24, 2.45) is 0 Å². The zero-order valence-electron chi connectivity index (χ0n) is 14.2. The summed E-state index contributed by atoms with van der Waals surface area (Å²) in [5.41, 5.74) is -0.556. The lowest BCUT2D eigenvalue weighted by Gasteiger charge is -2.36. The Kier molecular flexibility index (Phi) is 7.52. The summed E-state index contributed by atoms with van der Waals surface area (Å²) in [5, 5.41) is 10.7. The Balaban J connectivity index is 0.00000208. The number of carbonyl (C=O) groups excluding carboxylic acids is 1. The highest BCUT2D eigenvalue weighted by atomic mass is 35.5. The lowest BCUT2D eigenvalue weighted by atomic mass is 9.87. The third-order valence-electron chi connectivity index (χ3n) is 5.09. The van der Waals surface area contributed by atoms with Gasteiger partial charge in [0.2, 0.25) is 5.91 Å². The summed E-state index contributed by atoms with van der Waals surface area (Å²) in [6, 6.07) is 1.88. The van der Waals surface area contributed by atoms with Gasteiger partial charge in [-0.15, -0.1) is 12.4 Å². The zero-order valence-corrected chi connectivity index (χ0v) is 15.0. The number of aromatic nitrogens is 2. The summed E-state index contributed by atoms with van der Waals surface area (Å²) in [7, 11) is 0. The molecule has 1 aliphatic carbocycles. The van der Waals surface area contributed by atoms with Gasteiger partial charge in [0, 0.05) is 18.9 Å². The monoisotopic (exact) mass is 356 g/mol. The molecule has 1 aromatic rings. The van der Waals surface area contributed by atoms with Gasteiger partial charge in [0.25, 0.3) is 0 Å². The lowest BCUT2D eigenvalue weighted by Crippen LogP contribution is -2.55. The standard InChI is InChI=1S/C17H28N4O2.ClH/c22-16(19-12-14-23-15-5-2-1-3-6-15)17(7-10-18-11-8-17)21-13-4-9-20-21;/h4,9,13,15,18H,1-3,5-8,10-12,14H2,(H,19,22);1H. The lowest BCUT2D eigenvalue weighted by molar-refractivity contribution is -0.132. The second kappa shape index (κ2) is 9.39. The van der Waals surface area contributed by atoms with Crippen molar-refractivity contribution in [1.82, 2.24) is 20.4 Å². The number of rotatable bonds is 6. The average molecular weight is 357 g/mol. The fourth-order valence-electron chi connectivity index (χ4n) is 3.71. The van der Waals surface area contributed by atoms with Crippen LogP contribution in [0.15, 0.2) is 18.5 Å². The van der Waals surface area contributed by atoms with Crippen LogP contribution in [-0.2, 0) is 15.1 Å². The van der Waals surface area contributed by atoms with Crippen molar-refractivity contribution < 1.29 is 9.53 Å². The zero-order chi connectivity index (χ0) is 16.0. The molecule has 1 saturated carbocycles. The maximum absolute atomic E-state index is 12.8. The minimum Gasteiger partial charge on any atom is -0.376 e. The second-order valence-electron chi connectivity index (χ2n) is 6.62. The number of halogens is 1. The molecule has 0 radical (unpaired) electrons. The Morgan fingerprint density at radius 3 is 2.71 bits per heavy atom. The van der Waals surface area contributed by atoms with Crippen molar-refractivity contribution in [1.29, 1.82) is 0 Å². The van der Waals surface area contributed by atoms with Gasteiger partial charge in [0.15, 0.2) is 0 Å². The van der Waals surface area contributed by atoms with E-state index in [0.717, 1.165) is 38.8 Å². The molecule has 2 fully saturated rings. The normalized spacial score (nSPS) is 21.0. The molecule has 3 rings (SSSR count). The molecule has 1 amide bonds. The molecule has 0 aromatic carbocycles. The molecule has 2 N–H and O–H groups in total. The van der Waals surface area contributed by atoms with E-state index in [2.05, 4.69) is 15.7 Å². The minimum absolute atomic E-state index is 0. The fraction of sp³-hybridized carbons (Fsp3) is 0.765. The van der Waals surface area contributed by atoms with Crippen molar-refractivity contribution in [2.75, 3.05) is 26.2 Å². The Bertz CT molecular complexity index is 483. The second-order valence-corrected chi connectivity index (χ2v) is 6.62. The first-order valence-electron chi connectivity index (χ1n) is 8.92. The van der Waals surface area contributed by atoms with Crippen LogP contribution in [0.25, 0.3) is 0 Å². The van der Waals surface area contributed by atoms with Crippen LogP contribution in [0.3, 0.4) is 0 Å². The molecule has 136 valence electrons. The highest BCUT2D eigenvalue weighted by molar-refractivity contribution is 5.85. The largest absolute Gasteiger partial charge is 0.376 e. The number of carbonyl (C=O) groups is 1. The van der Waals surface area contributed by atoms with Crippen LogP contribution in [-0.4, -0.2) is 48.0 Å². The first-order chi connectivity index (χ1) is 11.3. The van der Waals surface area contributed by atoms with Gasteiger partial charge < -0.3 is 15.4 Å². The smallest absolute Gasteiger partial charge is 0.248 e. The van der Waals surface area contributed by atoms with E-state index in [0.29, 0.717) is 19.3 Å². The fourth-order valence-corrected chi connectivity index (χ4v) is 3.71. The first-order valence-corrected chi connectivity index (χ1v) is 8.92. The van der Waals surface area contributed by atoms with E-state index in [4.69, 9.17) is 4.74 Å². The molecule has 24 heavy (non-hydrogen) atoms. The van der Waals surface area contributed by atoms with Crippen LogP contribution in [0.4, 0.5) is 0 Å². The van der Waals surface area contributed by atoms with Gasteiger partial charge in [0.05, 0.1) is 12.7 Å². The molecular formula is C17H29ClN4O2. The predicted octanol–water partition coefficient (Wildman–Crippen LogP) is 1.85. The molecule has 0 spiro atoms. The van der Waals surface area contributed by atoms with E-state index in [-0.39, 0.29) is 18.3 Å². The maximum atomic E-state index is 12.8. The summed E-state index contributed by atoms with van der Waals surface area (Å²) in [6.07, 6.45) is 11.8. The van der Waals surface area contributed by atoms with Crippen LogP contribution in [0.5, 0.6) is 0 Å². The summed E-state index contributed by atoms with van der Waals surface area (Å²) >= 11 is 0.